The molecule has 0 N–H and O–H groups in total. The van der Waals surface area contributed by atoms with Crippen LogP contribution in [-0.2, 0) is 6.54 Å². The van der Waals surface area contributed by atoms with E-state index in [1.54, 1.807) is 30.1 Å². The van der Waals surface area contributed by atoms with Gasteiger partial charge in [-0.1, -0.05) is 18.2 Å². The number of aromatic nitrogens is 4. The summed E-state index contributed by atoms with van der Waals surface area (Å²) in [5.41, 5.74) is 3.50. The van der Waals surface area contributed by atoms with Gasteiger partial charge in [0.25, 0.3) is 0 Å². The Balaban J connectivity index is 1.53. The van der Waals surface area contributed by atoms with E-state index in [0.29, 0.717) is 41.6 Å². The van der Waals surface area contributed by atoms with Gasteiger partial charge < -0.3 is 14.4 Å². The number of nitrogens with zero attached hydrogens (tertiary/aromatic N) is 5. The van der Waals surface area contributed by atoms with E-state index in [2.05, 4.69) is 14.9 Å². The molecule has 9 heteroatoms. The summed E-state index contributed by atoms with van der Waals surface area (Å²) in [6.07, 6.45) is 4.58. The fraction of sp³-hybridized carbons (Fsp3) is 0.346. The molecule has 0 aliphatic carbocycles. The molecule has 3 heterocycles. The highest BCUT2D eigenvalue weighted by molar-refractivity contribution is 5.83. The van der Waals surface area contributed by atoms with Crippen molar-refractivity contribution in [3.05, 3.63) is 76.4 Å². The zero-order chi connectivity index (χ0) is 24.5. The Morgan fingerprint density at radius 1 is 1.03 bits per heavy atom. The molecular formula is C26H28FN5O3. The molecule has 8 nitrogen and oxygen atoms in total. The number of hydrogen-bond donors (Lipinski definition) is 0. The molecule has 0 saturated carbocycles. The van der Waals surface area contributed by atoms with Gasteiger partial charge >= 0.3 is 5.69 Å². The van der Waals surface area contributed by atoms with Gasteiger partial charge in [0.1, 0.15) is 22.8 Å². The van der Waals surface area contributed by atoms with Crippen molar-refractivity contribution in [1.29, 1.82) is 0 Å². The Morgan fingerprint density at radius 3 is 2.49 bits per heavy atom. The number of anilines is 1. The number of rotatable bonds is 6. The summed E-state index contributed by atoms with van der Waals surface area (Å²) in [6.45, 7) is 3.45. The first-order valence-corrected chi connectivity index (χ1v) is 11.6. The van der Waals surface area contributed by atoms with Crippen molar-refractivity contribution in [3.63, 3.8) is 0 Å². The van der Waals surface area contributed by atoms with E-state index >= 15 is 0 Å². The third-order valence-corrected chi connectivity index (χ3v) is 6.74. The highest BCUT2D eigenvalue weighted by Gasteiger charge is 2.28. The average Bonchev–Trinajstić information content (AvgIpc) is 3.16. The van der Waals surface area contributed by atoms with Crippen LogP contribution in [0.25, 0.3) is 11.0 Å². The smallest absolute Gasteiger partial charge is 0.329 e. The van der Waals surface area contributed by atoms with Gasteiger partial charge in [-0.15, -0.1) is 0 Å². The van der Waals surface area contributed by atoms with Gasteiger partial charge in [-0.3, -0.25) is 14.1 Å². The number of halogens is 1. The summed E-state index contributed by atoms with van der Waals surface area (Å²) in [4.78, 5) is 24.5. The molecule has 0 unspecified atom stereocenters. The lowest BCUT2D eigenvalue weighted by Crippen LogP contribution is -2.38. The second-order valence-electron chi connectivity index (χ2n) is 8.70. The van der Waals surface area contributed by atoms with Crippen LogP contribution in [0.1, 0.15) is 30.1 Å². The lowest BCUT2D eigenvalue weighted by Gasteiger charge is -2.35. The summed E-state index contributed by atoms with van der Waals surface area (Å²) < 4.78 is 29.1. The number of aryl methyl sites for hydroxylation is 1. The molecule has 182 valence electrons. The van der Waals surface area contributed by atoms with Crippen molar-refractivity contribution in [2.75, 3.05) is 32.2 Å². The summed E-state index contributed by atoms with van der Waals surface area (Å²) in [5.74, 6) is 0.782. The average molecular weight is 478 g/mol. The number of methoxy groups -OCH3 is 2. The predicted molar refractivity (Wildman–Crippen MR) is 132 cm³/mol. The Hall–Kier alpha value is -3.88. The van der Waals surface area contributed by atoms with Crippen molar-refractivity contribution < 1.29 is 13.9 Å². The van der Waals surface area contributed by atoms with E-state index in [1.807, 2.05) is 35.8 Å². The molecule has 4 aromatic rings. The van der Waals surface area contributed by atoms with E-state index in [0.717, 1.165) is 23.9 Å². The van der Waals surface area contributed by atoms with Gasteiger partial charge in [0.2, 0.25) is 5.88 Å². The van der Waals surface area contributed by atoms with Crippen molar-refractivity contribution in [2.45, 2.75) is 32.4 Å². The maximum atomic E-state index is 14.5. The highest BCUT2D eigenvalue weighted by atomic mass is 19.1. The minimum Gasteiger partial charge on any atom is -0.494 e. The Kier molecular flexibility index (Phi) is 6.15. The summed E-state index contributed by atoms with van der Waals surface area (Å²) in [6, 6.07) is 10.8. The topological polar surface area (TPSA) is 74.4 Å². The first-order chi connectivity index (χ1) is 17.0. The zero-order valence-electron chi connectivity index (χ0n) is 20.1. The van der Waals surface area contributed by atoms with Crippen LogP contribution >= 0.6 is 0 Å². The predicted octanol–water partition coefficient (Wildman–Crippen LogP) is 3.95. The van der Waals surface area contributed by atoms with Gasteiger partial charge in [-0.25, -0.2) is 14.2 Å². The van der Waals surface area contributed by atoms with E-state index in [9.17, 15) is 9.18 Å². The van der Waals surface area contributed by atoms with Gasteiger partial charge in [0.15, 0.2) is 0 Å². The number of benzene rings is 2. The monoisotopic (exact) mass is 477 g/mol. The molecule has 0 radical (unpaired) electrons. The lowest BCUT2D eigenvalue weighted by atomic mass is 10.0. The summed E-state index contributed by atoms with van der Waals surface area (Å²) in [7, 11) is 3.13. The fourth-order valence-electron chi connectivity index (χ4n) is 5.12. The minimum absolute atomic E-state index is 0.0227. The van der Waals surface area contributed by atoms with Crippen molar-refractivity contribution in [3.8, 4) is 11.6 Å². The molecule has 0 atom stereocenters. The van der Waals surface area contributed by atoms with E-state index in [1.165, 1.54) is 13.2 Å². The van der Waals surface area contributed by atoms with E-state index in [4.69, 9.17) is 9.47 Å². The molecule has 0 spiro atoms. The fourth-order valence-corrected chi connectivity index (χ4v) is 5.12. The molecule has 5 rings (SSSR count). The first-order valence-electron chi connectivity index (χ1n) is 11.6. The van der Waals surface area contributed by atoms with Gasteiger partial charge in [-0.05, 0) is 43.5 Å². The molecule has 1 aliphatic heterocycles. The standard InChI is InChI=1S/C26H28FN5O3/c1-17-6-4-7-19(27)23(17)30-14-10-18(11-15-30)32-21-8-5-9-22(34-2)24(21)31(26(32)33)16-20-25(35-3)29-13-12-28-20/h4-9,12-13,18H,10-11,14-16H2,1-3H3. The summed E-state index contributed by atoms with van der Waals surface area (Å²) in [5, 5.41) is 0. The lowest BCUT2D eigenvalue weighted by molar-refractivity contribution is 0.382. The van der Waals surface area contributed by atoms with E-state index < -0.39 is 0 Å². The molecule has 2 aromatic heterocycles. The zero-order valence-corrected chi connectivity index (χ0v) is 20.1. The number of para-hydroxylation sites is 2. The first kappa shape index (κ1) is 22.9. The highest BCUT2D eigenvalue weighted by Crippen LogP contribution is 2.33. The van der Waals surface area contributed by atoms with Crippen LogP contribution in [-0.4, -0.2) is 46.4 Å². The number of piperidine rings is 1. The number of ether oxygens (including phenoxy) is 2. The van der Waals surface area contributed by atoms with Crippen molar-refractivity contribution in [1.82, 2.24) is 19.1 Å². The Labute approximate surface area is 202 Å². The SMILES string of the molecule is COc1nccnc1Cn1c(=O)n(C2CCN(c3c(C)cccc3F)CC2)c2cccc(OC)c21. The number of fused-ring (bicyclic) bond motifs is 1. The second kappa shape index (κ2) is 9.40. The third-order valence-electron chi connectivity index (χ3n) is 6.74. The molecule has 0 amide bonds. The Bertz CT molecular complexity index is 1400. The Morgan fingerprint density at radius 2 is 1.77 bits per heavy atom. The van der Waals surface area contributed by atoms with Crippen LogP contribution in [0.3, 0.4) is 0 Å². The maximum absolute atomic E-state index is 14.5. The van der Waals surface area contributed by atoms with Crippen molar-refractivity contribution >= 4 is 16.7 Å². The quantitative estimate of drug-likeness (QED) is 0.419. The molecular weight excluding hydrogens is 449 g/mol. The molecule has 1 aliphatic rings. The number of imidazole rings is 1. The minimum atomic E-state index is -0.208. The molecule has 0 bridgehead atoms. The molecule has 35 heavy (non-hydrogen) atoms. The van der Waals surface area contributed by atoms with Gasteiger partial charge in [0, 0.05) is 31.5 Å². The molecule has 2 aromatic carbocycles. The van der Waals surface area contributed by atoms with Crippen LogP contribution in [0.15, 0.2) is 53.6 Å². The molecule has 1 saturated heterocycles. The van der Waals surface area contributed by atoms with Crippen molar-refractivity contribution in [2.24, 2.45) is 0 Å². The van der Waals surface area contributed by atoms with Crippen LogP contribution in [0, 0.1) is 12.7 Å². The maximum Gasteiger partial charge on any atom is 0.329 e. The third kappa shape index (κ3) is 4.00. The normalized spacial score (nSPS) is 14.5. The summed E-state index contributed by atoms with van der Waals surface area (Å²) >= 11 is 0. The second-order valence-corrected chi connectivity index (χ2v) is 8.70. The van der Waals surface area contributed by atoms with Crippen LogP contribution < -0.4 is 20.1 Å². The van der Waals surface area contributed by atoms with Crippen LogP contribution in [0.5, 0.6) is 11.6 Å². The van der Waals surface area contributed by atoms with Gasteiger partial charge in [0.05, 0.1) is 32.0 Å². The van der Waals surface area contributed by atoms with Crippen LogP contribution in [0.2, 0.25) is 0 Å². The van der Waals surface area contributed by atoms with Gasteiger partial charge in [-0.2, -0.15) is 0 Å². The van der Waals surface area contributed by atoms with Crippen LogP contribution in [0.4, 0.5) is 10.1 Å². The number of hydrogen-bond acceptors (Lipinski definition) is 6. The molecule has 1 fully saturated rings. The largest absolute Gasteiger partial charge is 0.494 e. The van der Waals surface area contributed by atoms with E-state index in [-0.39, 0.29) is 24.1 Å².